The van der Waals surface area contributed by atoms with E-state index < -0.39 is 0 Å². The molecule has 1 atom stereocenters. The minimum Gasteiger partial charge on any atom is -1.00 e. The summed E-state index contributed by atoms with van der Waals surface area (Å²) in [5.41, 5.74) is 14.3. The molecular weight excluding hydrogens is 563 g/mol. The molecule has 0 spiro atoms. The van der Waals surface area contributed by atoms with E-state index in [9.17, 15) is 0 Å². The smallest absolute Gasteiger partial charge is 0.0408 e. The maximum Gasteiger partial charge on any atom is -0.0408 e. The molecule has 1 aliphatic carbocycles. The Kier molecular flexibility index (Phi) is 14.5. The van der Waals surface area contributed by atoms with Gasteiger partial charge in [-0.3, -0.25) is 6.08 Å². The number of hydrogen-bond acceptors (Lipinski definition) is 0. The molecule has 0 saturated carbocycles. The van der Waals surface area contributed by atoms with Crippen molar-refractivity contribution in [3.63, 3.8) is 0 Å². The maximum absolute atomic E-state index is 3.36. The molecule has 4 heteroatoms. The van der Waals surface area contributed by atoms with Crippen LogP contribution in [0.15, 0.2) is 53.1 Å². The molecule has 188 valence electrons. The number of hydrogen-bond donors (Lipinski definition) is 0. The van der Waals surface area contributed by atoms with Gasteiger partial charge in [-0.2, -0.15) is 11.1 Å². The van der Waals surface area contributed by atoms with E-state index in [1.165, 1.54) is 66.4 Å². The van der Waals surface area contributed by atoms with Gasteiger partial charge in [0, 0.05) is 0 Å². The monoisotopic (exact) mass is 600 g/mol. The zero-order chi connectivity index (χ0) is 25.0. The fourth-order valence-electron chi connectivity index (χ4n) is 4.47. The fraction of sp³-hybridized carbons (Fsp3) is 0.387. The Morgan fingerprint density at radius 1 is 0.800 bits per heavy atom. The Balaban J connectivity index is 0.000000649. The molecular formula is C31H40Cl2SiZr-2. The van der Waals surface area contributed by atoms with Crippen LogP contribution in [0.4, 0.5) is 0 Å². The second-order valence-corrected chi connectivity index (χ2v) is 19.0. The van der Waals surface area contributed by atoms with Crippen LogP contribution < -0.4 is 24.8 Å². The number of benzene rings is 2. The first-order valence-corrected chi connectivity index (χ1v) is 18.1. The molecule has 0 amide bonds. The third-order valence-corrected chi connectivity index (χ3v) is 7.04. The molecule has 0 nitrogen and oxygen atoms in total. The van der Waals surface area contributed by atoms with Crippen molar-refractivity contribution in [2.24, 2.45) is 5.92 Å². The molecule has 0 aromatic heterocycles. The predicted molar refractivity (Wildman–Crippen MR) is 146 cm³/mol. The van der Waals surface area contributed by atoms with Crippen LogP contribution in [0.3, 0.4) is 0 Å². The van der Waals surface area contributed by atoms with E-state index in [2.05, 4.69) is 118 Å². The van der Waals surface area contributed by atoms with E-state index in [4.69, 9.17) is 0 Å². The van der Waals surface area contributed by atoms with Gasteiger partial charge >= 0.3 is 41.9 Å². The minimum atomic E-state index is 0. The number of allylic oxidation sites excluding steroid dienone is 4. The maximum atomic E-state index is 3.36. The third-order valence-electron chi connectivity index (χ3n) is 7.04. The van der Waals surface area contributed by atoms with Gasteiger partial charge in [-0.15, -0.1) is 40.5 Å². The van der Waals surface area contributed by atoms with Gasteiger partial charge in [0.15, 0.2) is 0 Å². The first kappa shape index (κ1) is 34.2. The van der Waals surface area contributed by atoms with E-state index in [0.29, 0.717) is 5.92 Å². The van der Waals surface area contributed by atoms with Crippen LogP contribution >= 0.6 is 0 Å². The summed E-state index contributed by atoms with van der Waals surface area (Å²) >= 11 is 1.74. The van der Waals surface area contributed by atoms with Gasteiger partial charge in [0.25, 0.3) is 0 Å². The third kappa shape index (κ3) is 8.10. The van der Waals surface area contributed by atoms with Crippen LogP contribution in [0.5, 0.6) is 0 Å². The van der Waals surface area contributed by atoms with Crippen LogP contribution in [0.1, 0.15) is 55.5 Å². The van der Waals surface area contributed by atoms with Crippen molar-refractivity contribution in [1.82, 2.24) is 0 Å². The van der Waals surface area contributed by atoms with Crippen molar-refractivity contribution in [2.75, 3.05) is 0 Å². The zero-order valence-corrected chi connectivity index (χ0v) is 28.3. The van der Waals surface area contributed by atoms with E-state index >= 15 is 0 Å². The van der Waals surface area contributed by atoms with E-state index in [-0.39, 0.29) is 30.2 Å². The van der Waals surface area contributed by atoms with Crippen LogP contribution in [0.2, 0.25) is 13.1 Å². The summed E-state index contributed by atoms with van der Waals surface area (Å²) in [7, 11) is 0. The van der Waals surface area contributed by atoms with Crippen molar-refractivity contribution >= 4 is 16.2 Å². The van der Waals surface area contributed by atoms with Crippen LogP contribution in [0.25, 0.3) is 21.9 Å². The first-order chi connectivity index (χ1) is 15.4. The van der Waals surface area contributed by atoms with Crippen LogP contribution in [-0.4, -0.2) is 5.43 Å². The molecule has 0 heterocycles. The van der Waals surface area contributed by atoms with E-state index in [1.54, 1.807) is 23.3 Å². The average molecular weight is 603 g/mol. The van der Waals surface area contributed by atoms with E-state index in [0.717, 1.165) is 0 Å². The van der Waals surface area contributed by atoms with Gasteiger partial charge in [-0.05, 0) is 20.8 Å². The summed E-state index contributed by atoms with van der Waals surface area (Å²) in [5.74, 6) is 0.560. The molecule has 0 fully saturated rings. The molecule has 0 radical (unpaired) electrons. The topological polar surface area (TPSA) is 0 Å². The van der Waals surface area contributed by atoms with Crippen molar-refractivity contribution in [2.45, 2.75) is 75.4 Å². The first-order valence-electron chi connectivity index (χ1n) is 11.9. The number of fused-ring (bicyclic) bond motifs is 1. The zero-order valence-electron chi connectivity index (χ0n) is 23.3. The summed E-state index contributed by atoms with van der Waals surface area (Å²) in [6.07, 6.45) is 3.36. The fourth-order valence-corrected chi connectivity index (χ4v) is 4.47. The predicted octanol–water partition coefficient (Wildman–Crippen LogP) is 3.28. The van der Waals surface area contributed by atoms with Gasteiger partial charge in [0.1, 0.15) is 0 Å². The molecule has 1 unspecified atom stereocenters. The Labute approximate surface area is 242 Å². The number of aryl methyl sites for hydroxylation is 3. The normalized spacial score (nSPS) is 14.2. The summed E-state index contributed by atoms with van der Waals surface area (Å²) in [6, 6.07) is 13.1. The summed E-state index contributed by atoms with van der Waals surface area (Å²) in [4.78, 5) is 0. The van der Waals surface area contributed by atoms with Gasteiger partial charge < -0.3 is 24.8 Å². The Morgan fingerprint density at radius 2 is 1.29 bits per heavy atom. The largest absolute Gasteiger partial charge is 1.00 e. The molecule has 0 bridgehead atoms. The standard InChI is InChI=1S/C20H21.C9H13.C2H6Si.2ClH.Zr/c1-12-11-18-15(4)13(2)14(3)16(5)20(18)19(12)17-9-7-6-8-10-17;1-6-5-7(2)9(4)8(6)3;1-3-2;;;/h6-11H,1-5H3;6H,1-4H3;1-2H3;2*1H;/q2*-1;;;;+2/p-2. The summed E-state index contributed by atoms with van der Waals surface area (Å²) in [5, 5.41) is 2.86. The second kappa shape index (κ2) is 14.8. The van der Waals surface area contributed by atoms with Gasteiger partial charge in [0.05, 0.1) is 0 Å². The van der Waals surface area contributed by atoms with E-state index in [1.807, 2.05) is 0 Å². The molecule has 0 N–H and O–H groups in total. The van der Waals surface area contributed by atoms with Crippen molar-refractivity contribution < 1.29 is 48.1 Å². The van der Waals surface area contributed by atoms with Crippen LogP contribution in [0, 0.1) is 46.6 Å². The summed E-state index contributed by atoms with van der Waals surface area (Å²) in [6.45, 7) is 24.5. The SMILES string of the molecule is CC1=[C-]C(C)C(C)=C1C.C[Si](C)=[Zr+2].Cc1[cH-]c2c(C)c(C)c(C)c(C)c2c1-c1ccccc1.[Cl-].[Cl-]. The Morgan fingerprint density at radius 3 is 1.69 bits per heavy atom. The Bertz CT molecular complexity index is 1230. The molecule has 0 saturated heterocycles. The quantitative estimate of drug-likeness (QED) is 0.297. The average Bonchev–Trinajstić information content (AvgIpc) is 3.22. The molecule has 1 aliphatic rings. The minimum absolute atomic E-state index is 0. The molecule has 35 heavy (non-hydrogen) atoms. The molecule has 4 rings (SSSR count). The van der Waals surface area contributed by atoms with Crippen molar-refractivity contribution in [3.05, 3.63) is 87.0 Å². The van der Waals surface area contributed by atoms with Gasteiger partial charge in [-0.1, -0.05) is 93.1 Å². The molecule has 3 aromatic rings. The van der Waals surface area contributed by atoms with Crippen molar-refractivity contribution in [3.8, 4) is 11.1 Å². The van der Waals surface area contributed by atoms with Gasteiger partial charge in [-0.25, -0.2) is 5.57 Å². The van der Waals surface area contributed by atoms with Gasteiger partial charge in [0.2, 0.25) is 0 Å². The number of rotatable bonds is 1. The second-order valence-electron chi connectivity index (χ2n) is 9.66. The van der Waals surface area contributed by atoms with Crippen molar-refractivity contribution in [1.29, 1.82) is 0 Å². The molecule has 3 aromatic carbocycles. The number of halogens is 2. The molecule has 0 aliphatic heterocycles. The Hall–Kier alpha value is -0.790. The summed E-state index contributed by atoms with van der Waals surface area (Å²) < 4.78 is 0. The van der Waals surface area contributed by atoms with Crippen LogP contribution in [-0.2, 0) is 23.3 Å².